The van der Waals surface area contributed by atoms with Gasteiger partial charge in [-0.25, -0.2) is 4.98 Å². The first-order valence-corrected chi connectivity index (χ1v) is 6.22. The van der Waals surface area contributed by atoms with Gasteiger partial charge in [-0.15, -0.1) is 0 Å². The summed E-state index contributed by atoms with van der Waals surface area (Å²) in [5.74, 6) is 0.591. The summed E-state index contributed by atoms with van der Waals surface area (Å²) in [7, 11) is 0. The fourth-order valence-corrected chi connectivity index (χ4v) is 2.04. The van der Waals surface area contributed by atoms with Gasteiger partial charge >= 0.3 is 0 Å². The molecule has 0 fully saturated rings. The Hall–Kier alpha value is -2.03. The van der Waals surface area contributed by atoms with Crippen LogP contribution in [0.1, 0.15) is 18.1 Å². The van der Waals surface area contributed by atoms with E-state index < -0.39 is 0 Å². The number of aryl methyl sites for hydroxylation is 1. The van der Waals surface area contributed by atoms with Gasteiger partial charge in [-0.05, 0) is 37.1 Å². The molecule has 0 aliphatic rings. The Balaban J connectivity index is 2.26. The Kier molecular flexibility index (Phi) is 3.82. The SMILES string of the molecule is CCN(Cc1ccccc1C)c1cccnc1N. The van der Waals surface area contributed by atoms with E-state index >= 15 is 0 Å². The van der Waals surface area contributed by atoms with Gasteiger partial charge in [0.2, 0.25) is 0 Å². The maximum atomic E-state index is 5.94. The summed E-state index contributed by atoms with van der Waals surface area (Å²) in [6, 6.07) is 12.4. The summed E-state index contributed by atoms with van der Waals surface area (Å²) in [5, 5.41) is 0. The van der Waals surface area contributed by atoms with Crippen molar-refractivity contribution in [3.8, 4) is 0 Å². The molecule has 1 aromatic carbocycles. The summed E-state index contributed by atoms with van der Waals surface area (Å²) in [4.78, 5) is 6.39. The van der Waals surface area contributed by atoms with Crippen molar-refractivity contribution in [3.05, 3.63) is 53.7 Å². The van der Waals surface area contributed by atoms with Gasteiger partial charge in [-0.1, -0.05) is 24.3 Å². The highest BCUT2D eigenvalue weighted by Gasteiger charge is 2.09. The van der Waals surface area contributed by atoms with Crippen molar-refractivity contribution >= 4 is 11.5 Å². The van der Waals surface area contributed by atoms with Crippen molar-refractivity contribution in [3.63, 3.8) is 0 Å². The number of nitrogen functional groups attached to an aromatic ring is 1. The molecule has 0 amide bonds. The third-order valence-corrected chi connectivity index (χ3v) is 3.16. The van der Waals surface area contributed by atoms with E-state index in [1.54, 1.807) is 6.20 Å². The average Bonchev–Trinajstić information content (AvgIpc) is 2.39. The minimum absolute atomic E-state index is 0.591. The molecule has 3 nitrogen and oxygen atoms in total. The van der Waals surface area contributed by atoms with Gasteiger partial charge in [-0.2, -0.15) is 0 Å². The lowest BCUT2D eigenvalue weighted by molar-refractivity contribution is 0.826. The number of hydrogen-bond donors (Lipinski definition) is 1. The largest absolute Gasteiger partial charge is 0.382 e. The van der Waals surface area contributed by atoms with Crippen LogP contribution in [0.25, 0.3) is 0 Å². The number of nitrogens with two attached hydrogens (primary N) is 1. The Morgan fingerprint density at radius 2 is 1.94 bits per heavy atom. The van der Waals surface area contributed by atoms with Crippen LogP contribution in [-0.4, -0.2) is 11.5 Å². The summed E-state index contributed by atoms with van der Waals surface area (Å²) in [6.45, 7) is 6.03. The molecule has 2 rings (SSSR count). The van der Waals surface area contributed by atoms with Crippen LogP contribution < -0.4 is 10.6 Å². The minimum Gasteiger partial charge on any atom is -0.382 e. The zero-order chi connectivity index (χ0) is 13.0. The van der Waals surface area contributed by atoms with E-state index in [2.05, 4.69) is 48.0 Å². The van der Waals surface area contributed by atoms with E-state index in [9.17, 15) is 0 Å². The summed E-state index contributed by atoms with van der Waals surface area (Å²) < 4.78 is 0. The third-order valence-electron chi connectivity index (χ3n) is 3.16. The predicted octanol–water partition coefficient (Wildman–Crippen LogP) is 3.00. The predicted molar refractivity (Wildman–Crippen MR) is 76.6 cm³/mol. The third kappa shape index (κ3) is 2.62. The van der Waals surface area contributed by atoms with E-state index in [4.69, 9.17) is 5.73 Å². The number of nitrogens with zero attached hydrogens (tertiary/aromatic N) is 2. The molecule has 0 unspecified atom stereocenters. The highest BCUT2D eigenvalue weighted by atomic mass is 15.1. The minimum atomic E-state index is 0.591. The van der Waals surface area contributed by atoms with Crippen LogP contribution in [0.15, 0.2) is 42.6 Å². The lowest BCUT2D eigenvalue weighted by Crippen LogP contribution is -2.23. The summed E-state index contributed by atoms with van der Waals surface area (Å²) >= 11 is 0. The molecule has 2 N–H and O–H groups in total. The number of hydrogen-bond acceptors (Lipinski definition) is 3. The standard InChI is InChI=1S/C15H19N3/c1-3-18(14-9-6-10-17-15(14)16)11-13-8-5-4-7-12(13)2/h4-10H,3,11H2,1-2H3,(H2,16,17). The highest BCUT2D eigenvalue weighted by molar-refractivity contribution is 5.63. The normalized spacial score (nSPS) is 10.3. The zero-order valence-electron chi connectivity index (χ0n) is 10.9. The zero-order valence-corrected chi connectivity index (χ0v) is 10.9. The van der Waals surface area contributed by atoms with Crippen molar-refractivity contribution in [2.24, 2.45) is 0 Å². The fourth-order valence-electron chi connectivity index (χ4n) is 2.04. The fraction of sp³-hybridized carbons (Fsp3) is 0.267. The van der Waals surface area contributed by atoms with E-state index in [0.717, 1.165) is 18.8 Å². The molecule has 0 saturated carbocycles. The Morgan fingerprint density at radius 1 is 1.17 bits per heavy atom. The van der Waals surface area contributed by atoms with Crippen LogP contribution in [-0.2, 0) is 6.54 Å². The van der Waals surface area contributed by atoms with Crippen LogP contribution >= 0.6 is 0 Å². The van der Waals surface area contributed by atoms with Crippen LogP contribution in [0.4, 0.5) is 11.5 Å². The van der Waals surface area contributed by atoms with Crippen LogP contribution in [0.5, 0.6) is 0 Å². The van der Waals surface area contributed by atoms with Crippen molar-refractivity contribution in [1.82, 2.24) is 4.98 Å². The number of benzene rings is 1. The second-order valence-electron chi connectivity index (χ2n) is 4.35. The van der Waals surface area contributed by atoms with Gasteiger partial charge in [0.05, 0.1) is 5.69 Å². The molecule has 0 aliphatic carbocycles. The molecule has 94 valence electrons. The Bertz CT molecular complexity index is 523. The quantitative estimate of drug-likeness (QED) is 0.894. The van der Waals surface area contributed by atoms with Crippen LogP contribution in [0.3, 0.4) is 0 Å². The lowest BCUT2D eigenvalue weighted by atomic mass is 10.1. The second kappa shape index (κ2) is 5.54. The van der Waals surface area contributed by atoms with Crippen molar-refractivity contribution in [1.29, 1.82) is 0 Å². The number of aromatic nitrogens is 1. The maximum absolute atomic E-state index is 5.94. The molecule has 3 heteroatoms. The first-order valence-electron chi connectivity index (χ1n) is 6.22. The molecule has 0 aliphatic heterocycles. The number of anilines is 2. The highest BCUT2D eigenvalue weighted by Crippen LogP contribution is 2.22. The second-order valence-corrected chi connectivity index (χ2v) is 4.35. The molecule has 1 heterocycles. The smallest absolute Gasteiger partial charge is 0.146 e. The molecule has 1 aromatic heterocycles. The van der Waals surface area contributed by atoms with E-state index in [-0.39, 0.29) is 0 Å². The number of rotatable bonds is 4. The molecule has 0 saturated heterocycles. The Morgan fingerprint density at radius 3 is 2.61 bits per heavy atom. The molecular formula is C15H19N3. The molecular weight excluding hydrogens is 222 g/mol. The van der Waals surface area contributed by atoms with Gasteiger partial charge in [0.25, 0.3) is 0 Å². The molecule has 0 bridgehead atoms. The topological polar surface area (TPSA) is 42.2 Å². The first-order chi connectivity index (χ1) is 8.72. The van der Waals surface area contributed by atoms with Crippen molar-refractivity contribution in [2.75, 3.05) is 17.2 Å². The van der Waals surface area contributed by atoms with E-state index in [0.29, 0.717) is 5.82 Å². The molecule has 18 heavy (non-hydrogen) atoms. The molecule has 0 spiro atoms. The average molecular weight is 241 g/mol. The molecule has 2 aromatic rings. The van der Waals surface area contributed by atoms with Gasteiger partial charge in [0.1, 0.15) is 5.82 Å². The molecule has 0 radical (unpaired) electrons. The number of pyridine rings is 1. The Labute approximate surface area is 108 Å². The maximum Gasteiger partial charge on any atom is 0.146 e. The lowest BCUT2D eigenvalue weighted by Gasteiger charge is -2.24. The van der Waals surface area contributed by atoms with Crippen molar-refractivity contribution < 1.29 is 0 Å². The van der Waals surface area contributed by atoms with Crippen molar-refractivity contribution in [2.45, 2.75) is 20.4 Å². The first kappa shape index (κ1) is 12.4. The van der Waals surface area contributed by atoms with Gasteiger partial charge in [-0.3, -0.25) is 0 Å². The monoisotopic (exact) mass is 241 g/mol. The van der Waals surface area contributed by atoms with Crippen LogP contribution in [0.2, 0.25) is 0 Å². The van der Waals surface area contributed by atoms with E-state index in [1.807, 2.05) is 12.1 Å². The van der Waals surface area contributed by atoms with Gasteiger partial charge in [0, 0.05) is 19.3 Å². The van der Waals surface area contributed by atoms with Crippen LogP contribution in [0, 0.1) is 6.92 Å². The van der Waals surface area contributed by atoms with Gasteiger partial charge in [0.15, 0.2) is 0 Å². The summed E-state index contributed by atoms with van der Waals surface area (Å²) in [5.41, 5.74) is 9.56. The molecule has 0 atom stereocenters. The van der Waals surface area contributed by atoms with E-state index in [1.165, 1.54) is 11.1 Å². The summed E-state index contributed by atoms with van der Waals surface area (Å²) in [6.07, 6.45) is 1.72. The van der Waals surface area contributed by atoms with Gasteiger partial charge < -0.3 is 10.6 Å².